The zero-order valence-electron chi connectivity index (χ0n) is 17.8. The minimum absolute atomic E-state index is 0. The molecule has 3 aromatic rings. The van der Waals surface area contributed by atoms with Gasteiger partial charge in [-0.05, 0) is 48.5 Å². The van der Waals surface area contributed by atoms with Crippen molar-refractivity contribution in [1.82, 2.24) is 14.9 Å². The Balaban J connectivity index is 0.00000228. The molecule has 2 aromatic carbocycles. The minimum Gasteiger partial charge on any atom is -0.378 e. The van der Waals surface area contributed by atoms with Gasteiger partial charge in [-0.25, -0.2) is 27.2 Å². The fraction of sp³-hybridized carbons (Fsp3) is 0.227. The number of aromatic nitrogens is 2. The molecule has 12 heteroatoms. The van der Waals surface area contributed by atoms with Gasteiger partial charge in [0.1, 0.15) is 23.8 Å². The lowest BCUT2D eigenvalue weighted by molar-refractivity contribution is -0.141. The molecule has 1 unspecified atom stereocenters. The molecule has 0 saturated carbocycles. The Morgan fingerprint density at radius 2 is 1.76 bits per heavy atom. The van der Waals surface area contributed by atoms with Gasteiger partial charge in [-0.2, -0.15) is 0 Å². The molecular weight excluding hydrogens is 468 g/mol. The van der Waals surface area contributed by atoms with Crippen molar-refractivity contribution in [2.24, 2.45) is 0 Å². The molecule has 0 aliphatic carbocycles. The van der Waals surface area contributed by atoms with Gasteiger partial charge in [-0.1, -0.05) is 0 Å². The maximum absolute atomic E-state index is 13.9. The monoisotopic (exact) mass is 493 g/mol. The molecule has 0 bridgehead atoms. The van der Waals surface area contributed by atoms with Crippen LogP contribution in [-0.4, -0.2) is 60.5 Å². The van der Waals surface area contributed by atoms with Gasteiger partial charge >= 0.3 is 0 Å². The quantitative estimate of drug-likeness (QED) is 0.542. The molecule has 1 aliphatic heterocycles. The van der Waals surface area contributed by atoms with Crippen molar-refractivity contribution in [1.29, 1.82) is 0 Å². The van der Waals surface area contributed by atoms with Crippen molar-refractivity contribution in [2.75, 3.05) is 35.8 Å². The number of aliphatic hydroxyl groups excluding tert-OH is 1. The molecule has 1 saturated heterocycles. The number of carbonyl (C=O) groups excluding carboxylic acids is 1. The van der Waals surface area contributed by atoms with E-state index in [0.29, 0.717) is 13.1 Å². The van der Waals surface area contributed by atoms with Crippen LogP contribution in [0.25, 0.3) is 0 Å². The Morgan fingerprint density at radius 1 is 1.06 bits per heavy atom. The lowest BCUT2D eigenvalue weighted by Crippen LogP contribution is -2.50. The number of rotatable bonds is 6. The molecule has 1 amide bonds. The highest BCUT2D eigenvalue weighted by Crippen LogP contribution is 2.24. The van der Waals surface area contributed by atoms with Gasteiger partial charge in [0.2, 0.25) is 0 Å². The number of carbonyl (C=O) groups is 1. The van der Waals surface area contributed by atoms with Crippen molar-refractivity contribution >= 4 is 27.4 Å². The van der Waals surface area contributed by atoms with Crippen LogP contribution < -0.4 is 9.62 Å². The molecule has 9 nitrogen and oxygen atoms in total. The molecule has 182 valence electrons. The average molecular weight is 494 g/mol. The second kappa shape index (κ2) is 9.69. The molecule has 0 spiro atoms. The van der Waals surface area contributed by atoms with Crippen LogP contribution in [0, 0.1) is 11.6 Å². The summed E-state index contributed by atoms with van der Waals surface area (Å²) in [5.74, 6) is -2.16. The lowest BCUT2D eigenvalue weighted by atomic mass is 10.1. The third kappa shape index (κ3) is 5.13. The molecule has 2 heterocycles. The highest BCUT2D eigenvalue weighted by molar-refractivity contribution is 7.92. The van der Waals surface area contributed by atoms with E-state index in [1.54, 1.807) is 12.1 Å². The number of halogens is 2. The molecule has 2 N–H and O–H groups in total. The first-order chi connectivity index (χ1) is 16.2. The fourth-order valence-electron chi connectivity index (χ4n) is 3.60. The number of amides is 1. The largest absolute Gasteiger partial charge is 0.378 e. The SMILES string of the molecule is O=C(C(O)c1cc(F)ccc1F)N1CCN(c2ccc(S(=O)(=O)Nc3ccncn3)cc2)CC1.[HH].[HH]. The van der Waals surface area contributed by atoms with Crippen LogP contribution in [0.3, 0.4) is 0 Å². The summed E-state index contributed by atoms with van der Waals surface area (Å²) < 4.78 is 54.7. The Labute approximate surface area is 197 Å². The number of benzene rings is 2. The van der Waals surface area contributed by atoms with Crippen LogP contribution in [0.15, 0.2) is 66.0 Å². The number of anilines is 2. The first-order valence-corrected chi connectivity index (χ1v) is 11.8. The maximum atomic E-state index is 13.9. The number of hydrogen-bond donors (Lipinski definition) is 2. The summed E-state index contributed by atoms with van der Waals surface area (Å²) in [6.07, 6.45) is 0.861. The molecular formula is C22H25F2N5O4S. The highest BCUT2D eigenvalue weighted by Gasteiger charge is 2.29. The number of sulfonamides is 1. The van der Waals surface area contributed by atoms with E-state index in [4.69, 9.17) is 0 Å². The van der Waals surface area contributed by atoms with Gasteiger partial charge in [-0.3, -0.25) is 9.52 Å². The van der Waals surface area contributed by atoms with Gasteiger partial charge in [0.15, 0.2) is 6.10 Å². The van der Waals surface area contributed by atoms with Crippen molar-refractivity contribution < 1.29 is 30.0 Å². The van der Waals surface area contributed by atoms with Crippen LogP contribution in [0.1, 0.15) is 14.5 Å². The second-order valence-electron chi connectivity index (χ2n) is 7.57. The zero-order chi connectivity index (χ0) is 24.3. The molecule has 1 fully saturated rings. The summed E-state index contributed by atoms with van der Waals surface area (Å²) in [5.41, 5.74) is 0.351. The summed E-state index contributed by atoms with van der Waals surface area (Å²) in [6.45, 7) is 1.33. The molecule has 4 rings (SSSR count). The number of nitrogens with one attached hydrogen (secondary N) is 1. The third-order valence-corrected chi connectivity index (χ3v) is 6.78. The number of hydrogen-bond acceptors (Lipinski definition) is 7. The van der Waals surface area contributed by atoms with Gasteiger partial charge in [-0.15, -0.1) is 0 Å². The van der Waals surface area contributed by atoms with Gasteiger partial charge in [0.25, 0.3) is 15.9 Å². The van der Waals surface area contributed by atoms with E-state index < -0.39 is 39.2 Å². The van der Waals surface area contributed by atoms with Crippen molar-refractivity contribution in [3.8, 4) is 0 Å². The first kappa shape index (κ1) is 23.5. The zero-order valence-corrected chi connectivity index (χ0v) is 18.6. The van der Waals surface area contributed by atoms with Gasteiger partial charge < -0.3 is 14.9 Å². The normalized spacial score (nSPS) is 15.1. The van der Waals surface area contributed by atoms with Crippen molar-refractivity contribution in [3.05, 3.63) is 78.3 Å². The van der Waals surface area contributed by atoms with Crippen molar-refractivity contribution in [2.45, 2.75) is 11.0 Å². The summed E-state index contributed by atoms with van der Waals surface area (Å²) in [6, 6.07) is 10.3. The van der Waals surface area contributed by atoms with Crippen LogP contribution in [0.5, 0.6) is 0 Å². The molecule has 34 heavy (non-hydrogen) atoms. The van der Waals surface area contributed by atoms with Gasteiger partial charge in [0.05, 0.1) is 4.90 Å². The van der Waals surface area contributed by atoms with Gasteiger partial charge in [0, 0.05) is 46.5 Å². The number of piperazine rings is 1. The first-order valence-electron chi connectivity index (χ1n) is 10.3. The molecule has 1 atom stereocenters. The number of nitrogens with zero attached hydrogens (tertiary/aromatic N) is 4. The van der Waals surface area contributed by atoms with E-state index >= 15 is 0 Å². The van der Waals surface area contributed by atoms with E-state index in [1.165, 1.54) is 35.6 Å². The summed E-state index contributed by atoms with van der Waals surface area (Å²) in [5, 5.41) is 10.3. The molecule has 1 aliphatic rings. The Morgan fingerprint density at radius 3 is 2.41 bits per heavy atom. The van der Waals surface area contributed by atoms with E-state index in [1.807, 2.05) is 4.90 Å². The fourth-order valence-corrected chi connectivity index (χ4v) is 4.61. The highest BCUT2D eigenvalue weighted by atomic mass is 32.2. The second-order valence-corrected chi connectivity index (χ2v) is 9.26. The average Bonchev–Trinajstić information content (AvgIpc) is 2.85. The van der Waals surface area contributed by atoms with E-state index in [9.17, 15) is 27.1 Å². The lowest BCUT2D eigenvalue weighted by Gasteiger charge is -2.37. The smallest absolute Gasteiger partial charge is 0.263 e. The van der Waals surface area contributed by atoms with Crippen LogP contribution in [0.4, 0.5) is 20.3 Å². The van der Waals surface area contributed by atoms with Crippen LogP contribution >= 0.6 is 0 Å². The molecule has 0 radical (unpaired) electrons. The van der Waals surface area contributed by atoms with E-state index in [-0.39, 0.29) is 26.7 Å². The third-order valence-electron chi connectivity index (χ3n) is 5.41. The maximum Gasteiger partial charge on any atom is 0.263 e. The summed E-state index contributed by atoms with van der Waals surface area (Å²) >= 11 is 0. The molecule has 1 aromatic heterocycles. The summed E-state index contributed by atoms with van der Waals surface area (Å²) in [7, 11) is -3.82. The Bertz CT molecular complexity index is 1280. The van der Waals surface area contributed by atoms with Crippen LogP contribution in [0.2, 0.25) is 0 Å². The predicted octanol–water partition coefficient (Wildman–Crippen LogP) is 2.43. The van der Waals surface area contributed by atoms with Crippen LogP contribution in [-0.2, 0) is 14.8 Å². The predicted molar refractivity (Wildman–Crippen MR) is 124 cm³/mol. The number of aliphatic hydroxyl groups is 1. The van der Waals surface area contributed by atoms with Crippen molar-refractivity contribution in [3.63, 3.8) is 0 Å². The minimum atomic E-state index is -3.82. The van der Waals surface area contributed by atoms with E-state index in [2.05, 4.69) is 14.7 Å². The Kier molecular flexibility index (Phi) is 6.70. The summed E-state index contributed by atoms with van der Waals surface area (Å²) in [4.78, 5) is 23.6. The van der Waals surface area contributed by atoms with E-state index in [0.717, 1.165) is 23.9 Å². The topological polar surface area (TPSA) is 116 Å². The Hall–Kier alpha value is -3.64. The standard InChI is InChI=1S/C22H21F2N5O4S.2H2/c23-15-1-6-19(24)18(13-15)21(30)22(31)29-11-9-28(10-12-29)16-2-4-17(5-3-16)34(32,33)27-20-7-8-25-14-26-20;;/h1-8,13-14,21,30H,9-12H2,(H,25,26,27);2*1H.